The summed E-state index contributed by atoms with van der Waals surface area (Å²) in [5, 5.41) is 3.89. The van der Waals surface area contributed by atoms with Gasteiger partial charge in [-0.3, -0.25) is 0 Å². The van der Waals surface area contributed by atoms with E-state index in [-0.39, 0.29) is 0 Å². The third kappa shape index (κ3) is 2.42. The smallest absolute Gasteiger partial charge is 0.312 e. The van der Waals surface area contributed by atoms with Crippen molar-refractivity contribution in [1.29, 1.82) is 0 Å². The van der Waals surface area contributed by atoms with E-state index in [1.807, 2.05) is 42.5 Å². The van der Waals surface area contributed by atoms with Crippen molar-refractivity contribution >= 4 is 29.1 Å². The quantitative estimate of drug-likeness (QED) is 0.637. The Balaban J connectivity index is 1.98. The average Bonchev–Trinajstić information content (AvgIpc) is 3.08. The monoisotopic (exact) mass is 283 g/mol. The van der Waals surface area contributed by atoms with E-state index in [0.29, 0.717) is 11.3 Å². The maximum absolute atomic E-state index is 11.8. The Morgan fingerprint density at radius 1 is 1.20 bits per heavy atom. The third-order valence-electron chi connectivity index (χ3n) is 3.06. The summed E-state index contributed by atoms with van der Waals surface area (Å²) in [5.41, 5.74) is 2.00. The molecule has 0 unspecified atom stereocenters. The molecule has 3 nitrogen and oxygen atoms in total. The zero-order chi connectivity index (χ0) is 13.9. The van der Waals surface area contributed by atoms with Crippen molar-refractivity contribution < 1.29 is 9.63 Å². The Kier molecular flexibility index (Phi) is 3.48. The number of carbonyl (C=O) groups is 1. The Morgan fingerprint density at radius 2 is 2.00 bits per heavy atom. The number of nitrogens with zero attached hydrogens (tertiary/aromatic N) is 1. The van der Waals surface area contributed by atoms with Crippen molar-refractivity contribution in [3.05, 3.63) is 63.4 Å². The lowest BCUT2D eigenvalue weighted by molar-refractivity contribution is -0.136. The Labute approximate surface area is 121 Å². The molecule has 100 valence electrons. The molecule has 0 aliphatic carbocycles. The van der Waals surface area contributed by atoms with Crippen LogP contribution in [0.25, 0.3) is 6.08 Å². The van der Waals surface area contributed by atoms with Crippen molar-refractivity contribution in [3.63, 3.8) is 0 Å². The highest BCUT2D eigenvalue weighted by Crippen LogP contribution is 2.24. The number of oxime groups is 1. The Hall–Kier alpha value is -2.20. The van der Waals surface area contributed by atoms with E-state index in [2.05, 4.69) is 18.1 Å². The molecule has 0 bridgehead atoms. The maximum Gasteiger partial charge on any atom is 0.368 e. The van der Waals surface area contributed by atoms with Crippen LogP contribution in [0, 0.1) is 0 Å². The zero-order valence-electron chi connectivity index (χ0n) is 11.0. The van der Waals surface area contributed by atoms with Crippen LogP contribution < -0.4 is 0 Å². The minimum absolute atomic E-state index is 0.393. The lowest BCUT2D eigenvalue weighted by atomic mass is 10.0. The van der Waals surface area contributed by atoms with E-state index in [9.17, 15) is 4.79 Å². The van der Waals surface area contributed by atoms with Crippen LogP contribution in [0.2, 0.25) is 0 Å². The molecule has 0 fully saturated rings. The molecule has 3 rings (SSSR count). The van der Waals surface area contributed by atoms with Crippen LogP contribution in [-0.2, 0) is 16.1 Å². The molecule has 1 aromatic heterocycles. The summed E-state index contributed by atoms with van der Waals surface area (Å²) in [7, 11) is 0. The lowest BCUT2D eigenvalue weighted by Crippen LogP contribution is -2.06. The largest absolute Gasteiger partial charge is 0.368 e. The van der Waals surface area contributed by atoms with Gasteiger partial charge in [-0.15, -0.1) is 11.3 Å². The highest BCUT2D eigenvalue weighted by atomic mass is 32.1. The predicted octanol–water partition coefficient (Wildman–Crippen LogP) is 3.66. The van der Waals surface area contributed by atoms with Gasteiger partial charge in [0.1, 0.15) is 5.71 Å². The number of carbonyl (C=O) groups excluding carboxylic acids is 1. The molecule has 0 spiro atoms. The van der Waals surface area contributed by atoms with Crippen molar-refractivity contribution in [3.8, 4) is 0 Å². The van der Waals surface area contributed by atoms with Crippen molar-refractivity contribution in [2.24, 2.45) is 5.16 Å². The number of rotatable bonds is 3. The molecule has 0 atom stereocenters. The molecular formula is C16H13NO2S. The van der Waals surface area contributed by atoms with Gasteiger partial charge in [0.2, 0.25) is 0 Å². The summed E-state index contributed by atoms with van der Waals surface area (Å²) in [6.45, 7) is 2.11. The van der Waals surface area contributed by atoms with Gasteiger partial charge in [0.05, 0.1) is 5.57 Å². The second-order valence-electron chi connectivity index (χ2n) is 4.40. The third-order valence-corrected chi connectivity index (χ3v) is 4.24. The van der Waals surface area contributed by atoms with Gasteiger partial charge in [-0.05, 0) is 24.6 Å². The van der Waals surface area contributed by atoms with E-state index < -0.39 is 5.97 Å². The van der Waals surface area contributed by atoms with Crippen LogP contribution in [-0.4, -0.2) is 11.7 Å². The zero-order valence-corrected chi connectivity index (χ0v) is 11.8. The van der Waals surface area contributed by atoms with Gasteiger partial charge in [-0.1, -0.05) is 42.4 Å². The first kappa shape index (κ1) is 12.8. The van der Waals surface area contributed by atoms with Crippen LogP contribution in [0.1, 0.15) is 22.2 Å². The molecule has 2 aromatic rings. The van der Waals surface area contributed by atoms with Crippen LogP contribution in [0.5, 0.6) is 0 Å². The minimum atomic E-state index is -0.393. The average molecular weight is 283 g/mol. The number of benzene rings is 1. The van der Waals surface area contributed by atoms with Gasteiger partial charge in [0, 0.05) is 15.3 Å². The second kappa shape index (κ2) is 5.43. The molecule has 0 radical (unpaired) electrons. The molecule has 0 saturated heterocycles. The summed E-state index contributed by atoms with van der Waals surface area (Å²) in [6, 6.07) is 13.7. The number of hydrogen-bond donors (Lipinski definition) is 0. The number of aryl methyl sites for hydroxylation is 1. The lowest BCUT2D eigenvalue weighted by Gasteiger charge is -1.98. The fourth-order valence-electron chi connectivity index (χ4n) is 2.02. The SMILES string of the molecule is CCc1ccc(C=C2C(=O)ON=C2c2ccccc2)s1. The molecule has 4 heteroatoms. The molecular weight excluding hydrogens is 270 g/mol. The molecule has 20 heavy (non-hydrogen) atoms. The van der Waals surface area contributed by atoms with E-state index in [0.717, 1.165) is 16.9 Å². The van der Waals surface area contributed by atoms with Gasteiger partial charge in [0.25, 0.3) is 0 Å². The highest BCUT2D eigenvalue weighted by Gasteiger charge is 2.26. The van der Waals surface area contributed by atoms with Gasteiger partial charge in [-0.25, -0.2) is 4.79 Å². The fourth-order valence-corrected chi connectivity index (χ4v) is 2.91. The van der Waals surface area contributed by atoms with Crippen LogP contribution in [0.3, 0.4) is 0 Å². The molecule has 0 N–H and O–H groups in total. The van der Waals surface area contributed by atoms with E-state index in [1.165, 1.54) is 4.88 Å². The topological polar surface area (TPSA) is 38.7 Å². The van der Waals surface area contributed by atoms with E-state index in [4.69, 9.17) is 4.84 Å². The van der Waals surface area contributed by atoms with E-state index in [1.54, 1.807) is 11.3 Å². The first-order valence-corrected chi connectivity index (χ1v) is 7.25. The molecule has 2 heterocycles. The summed E-state index contributed by atoms with van der Waals surface area (Å²) >= 11 is 1.68. The minimum Gasteiger partial charge on any atom is -0.312 e. The first-order chi connectivity index (χ1) is 9.78. The normalized spacial score (nSPS) is 16.4. The van der Waals surface area contributed by atoms with Gasteiger partial charge < -0.3 is 4.84 Å². The molecule has 0 saturated carbocycles. The summed E-state index contributed by atoms with van der Waals surface area (Å²) < 4.78 is 0. The van der Waals surface area contributed by atoms with Gasteiger partial charge in [0.15, 0.2) is 0 Å². The Bertz CT molecular complexity index is 698. The fraction of sp³-hybridized carbons (Fsp3) is 0.125. The maximum atomic E-state index is 11.8. The van der Waals surface area contributed by atoms with Crippen LogP contribution in [0.4, 0.5) is 0 Å². The summed E-state index contributed by atoms with van der Waals surface area (Å²) in [5.74, 6) is -0.393. The number of thiophene rings is 1. The Morgan fingerprint density at radius 3 is 2.70 bits per heavy atom. The summed E-state index contributed by atoms with van der Waals surface area (Å²) in [6.07, 6.45) is 2.85. The van der Waals surface area contributed by atoms with Crippen molar-refractivity contribution in [2.75, 3.05) is 0 Å². The first-order valence-electron chi connectivity index (χ1n) is 6.43. The number of hydrogen-bond acceptors (Lipinski definition) is 4. The standard InChI is InChI=1S/C16H13NO2S/c1-2-12-8-9-13(20-12)10-14-15(17-19-16(14)18)11-6-4-3-5-7-11/h3-10H,2H2,1H3. The predicted molar refractivity (Wildman–Crippen MR) is 80.7 cm³/mol. The molecule has 1 aliphatic rings. The van der Waals surface area contributed by atoms with Crippen molar-refractivity contribution in [1.82, 2.24) is 0 Å². The van der Waals surface area contributed by atoms with Crippen molar-refractivity contribution in [2.45, 2.75) is 13.3 Å². The van der Waals surface area contributed by atoms with Gasteiger partial charge >= 0.3 is 5.97 Å². The molecule has 0 amide bonds. The molecule has 1 aromatic carbocycles. The van der Waals surface area contributed by atoms with Gasteiger partial charge in [-0.2, -0.15) is 0 Å². The highest BCUT2D eigenvalue weighted by molar-refractivity contribution is 7.12. The van der Waals surface area contributed by atoms with Crippen LogP contribution in [0.15, 0.2) is 53.2 Å². The summed E-state index contributed by atoms with van der Waals surface area (Å²) in [4.78, 5) is 19.0. The van der Waals surface area contributed by atoms with Crippen LogP contribution >= 0.6 is 11.3 Å². The van der Waals surface area contributed by atoms with E-state index >= 15 is 0 Å². The molecule has 1 aliphatic heterocycles. The second-order valence-corrected chi connectivity index (χ2v) is 5.60.